The van der Waals surface area contributed by atoms with Gasteiger partial charge in [0.15, 0.2) is 5.75 Å². The van der Waals surface area contributed by atoms with Crippen molar-refractivity contribution in [2.24, 2.45) is 5.41 Å². The highest BCUT2D eigenvalue weighted by Crippen LogP contribution is 2.54. The standard InChI is InChI=1S/C39H45FN6O5S/c1-7-52(49,50)37-42-34-27(36(43-37)45(6)25-15-16-46(21-25)38(47)48)17-26(23-13-14-23)33(32-22(2)29(40)18-30-28(32)20-41-44-30)35(34)51-31(19-39(3,4)5)24-11-9-8-10-12-24/h8-12,17-18,20,23,25,31H,7,13-16,19,21H2,1-6H3,(H,41,44)(H,47,48)/t25-,31?/m0/s1. The van der Waals surface area contributed by atoms with E-state index in [9.17, 15) is 18.3 Å². The van der Waals surface area contributed by atoms with Crippen molar-refractivity contribution in [3.63, 3.8) is 0 Å². The zero-order valence-corrected chi connectivity index (χ0v) is 31.2. The van der Waals surface area contributed by atoms with Gasteiger partial charge in [-0.05, 0) is 72.8 Å². The summed E-state index contributed by atoms with van der Waals surface area (Å²) in [6.45, 7) is 10.3. The van der Waals surface area contributed by atoms with Crippen LogP contribution in [0.3, 0.4) is 0 Å². The number of hydrogen-bond donors (Lipinski definition) is 2. The van der Waals surface area contributed by atoms with Crippen molar-refractivity contribution in [3.05, 3.63) is 71.2 Å². The van der Waals surface area contributed by atoms with Crippen LogP contribution in [0.4, 0.5) is 15.0 Å². The number of aromatic nitrogens is 4. The number of nitrogens with zero attached hydrogens (tertiary/aromatic N) is 5. The van der Waals surface area contributed by atoms with Gasteiger partial charge in [-0.25, -0.2) is 27.6 Å². The maximum atomic E-state index is 15.9. The van der Waals surface area contributed by atoms with Crippen LogP contribution in [0.25, 0.3) is 32.9 Å². The number of amides is 1. The number of sulfone groups is 1. The summed E-state index contributed by atoms with van der Waals surface area (Å²) in [5, 5.41) is 17.9. The number of ether oxygens (including phenoxy) is 1. The molecule has 11 nitrogen and oxygen atoms in total. The quantitative estimate of drug-likeness (QED) is 0.137. The van der Waals surface area contributed by atoms with Gasteiger partial charge in [0.05, 0.1) is 17.5 Å². The topological polar surface area (TPSA) is 142 Å². The van der Waals surface area contributed by atoms with Gasteiger partial charge in [0, 0.05) is 48.1 Å². The van der Waals surface area contributed by atoms with Gasteiger partial charge in [0.1, 0.15) is 23.3 Å². The molecule has 2 aliphatic rings. The normalized spacial score (nSPS) is 17.2. The molecule has 3 heterocycles. The van der Waals surface area contributed by atoms with Crippen molar-refractivity contribution >= 4 is 43.6 Å². The Morgan fingerprint density at radius 3 is 2.48 bits per heavy atom. The molecule has 0 spiro atoms. The summed E-state index contributed by atoms with van der Waals surface area (Å²) >= 11 is 0. The Balaban J connectivity index is 1.60. The lowest BCUT2D eigenvalue weighted by Crippen LogP contribution is -2.37. The molecule has 2 fully saturated rings. The number of H-pyrrole nitrogens is 1. The summed E-state index contributed by atoms with van der Waals surface area (Å²) in [6.07, 6.45) is 3.18. The highest BCUT2D eigenvalue weighted by atomic mass is 32.2. The van der Waals surface area contributed by atoms with Gasteiger partial charge in [-0.3, -0.25) is 5.10 Å². The number of anilines is 1. The van der Waals surface area contributed by atoms with Crippen LogP contribution in [0.2, 0.25) is 0 Å². The fourth-order valence-electron chi connectivity index (χ4n) is 7.33. The Labute approximate surface area is 303 Å². The minimum absolute atomic E-state index is 0.135. The van der Waals surface area contributed by atoms with Crippen LogP contribution in [0.5, 0.6) is 5.75 Å². The number of carbonyl (C=O) groups is 1. The predicted molar refractivity (Wildman–Crippen MR) is 199 cm³/mol. The second-order valence-corrected chi connectivity index (χ2v) is 17.5. The van der Waals surface area contributed by atoms with E-state index < -0.39 is 27.9 Å². The zero-order chi connectivity index (χ0) is 37.1. The third-order valence-electron chi connectivity index (χ3n) is 10.3. The molecule has 2 N–H and O–H groups in total. The summed E-state index contributed by atoms with van der Waals surface area (Å²) in [7, 11) is -2.11. The Bertz CT molecular complexity index is 2280. The van der Waals surface area contributed by atoms with E-state index >= 15 is 4.39 Å². The first kappa shape index (κ1) is 35.6. The fourth-order valence-corrected chi connectivity index (χ4v) is 8.04. The van der Waals surface area contributed by atoms with Crippen LogP contribution in [-0.4, -0.2) is 76.6 Å². The molecular weight excluding hydrogens is 684 g/mol. The van der Waals surface area contributed by atoms with E-state index in [1.807, 2.05) is 48.3 Å². The van der Waals surface area contributed by atoms with E-state index in [0.29, 0.717) is 69.4 Å². The van der Waals surface area contributed by atoms with Gasteiger partial charge >= 0.3 is 6.09 Å². The summed E-state index contributed by atoms with van der Waals surface area (Å²) in [5.41, 5.74) is 4.22. The summed E-state index contributed by atoms with van der Waals surface area (Å²) < 4.78 is 50.5. The van der Waals surface area contributed by atoms with Crippen molar-refractivity contribution in [2.45, 2.75) is 83.5 Å². The van der Waals surface area contributed by atoms with Crippen molar-refractivity contribution in [3.8, 4) is 16.9 Å². The Kier molecular flexibility index (Phi) is 9.13. The van der Waals surface area contributed by atoms with Crippen molar-refractivity contribution in [1.82, 2.24) is 25.1 Å². The fraction of sp³-hybridized carbons (Fsp3) is 0.436. The number of nitrogens with one attached hydrogen (secondary N) is 1. The van der Waals surface area contributed by atoms with Crippen molar-refractivity contribution in [1.29, 1.82) is 0 Å². The molecule has 5 aromatic rings. The van der Waals surface area contributed by atoms with Crippen LogP contribution in [0.15, 0.2) is 53.8 Å². The van der Waals surface area contributed by atoms with Crippen LogP contribution in [-0.2, 0) is 9.84 Å². The van der Waals surface area contributed by atoms with E-state index in [2.05, 4.69) is 31.0 Å². The monoisotopic (exact) mass is 728 g/mol. The molecule has 1 amide bonds. The smallest absolute Gasteiger partial charge is 0.407 e. The number of likely N-dealkylation sites (tertiary alicyclic amines) is 1. The molecule has 1 saturated carbocycles. The molecule has 13 heteroatoms. The molecule has 1 aliphatic heterocycles. The lowest BCUT2D eigenvalue weighted by Gasteiger charge is -2.31. The van der Waals surface area contributed by atoms with Crippen molar-refractivity contribution in [2.75, 3.05) is 30.8 Å². The number of halogens is 1. The third kappa shape index (κ3) is 6.66. The van der Waals surface area contributed by atoms with Crippen molar-refractivity contribution < 1.29 is 27.4 Å². The molecule has 0 bridgehead atoms. The molecule has 1 unspecified atom stereocenters. The van der Waals surface area contributed by atoms with Crippen LogP contribution in [0.1, 0.15) is 82.1 Å². The zero-order valence-electron chi connectivity index (χ0n) is 30.4. The molecule has 1 aliphatic carbocycles. The van der Waals surface area contributed by atoms with Crippen LogP contribution < -0.4 is 9.64 Å². The summed E-state index contributed by atoms with van der Waals surface area (Å²) in [5.74, 6) is 0.239. The van der Waals surface area contributed by atoms with Gasteiger partial charge in [0.2, 0.25) is 15.0 Å². The Hall–Kier alpha value is -4.78. The van der Waals surface area contributed by atoms with Crippen LogP contribution in [0, 0.1) is 18.2 Å². The third-order valence-corrected chi connectivity index (χ3v) is 11.8. The summed E-state index contributed by atoms with van der Waals surface area (Å²) in [4.78, 5) is 24.7. The highest BCUT2D eigenvalue weighted by molar-refractivity contribution is 7.91. The molecule has 274 valence electrons. The Morgan fingerprint density at radius 2 is 1.85 bits per heavy atom. The number of fused-ring (bicyclic) bond motifs is 2. The number of aromatic amines is 1. The second kappa shape index (κ2) is 13.3. The van der Waals surface area contributed by atoms with E-state index in [-0.39, 0.29) is 34.8 Å². The minimum Gasteiger partial charge on any atom is -0.483 e. The number of rotatable bonds is 10. The van der Waals surface area contributed by atoms with E-state index in [1.165, 1.54) is 11.0 Å². The van der Waals surface area contributed by atoms with E-state index in [0.717, 1.165) is 24.0 Å². The van der Waals surface area contributed by atoms with Gasteiger partial charge in [-0.15, -0.1) is 0 Å². The lowest BCUT2D eigenvalue weighted by atomic mass is 9.86. The van der Waals surface area contributed by atoms with Crippen LogP contribution >= 0.6 is 0 Å². The largest absolute Gasteiger partial charge is 0.483 e. The van der Waals surface area contributed by atoms with E-state index in [1.54, 1.807) is 20.0 Å². The predicted octanol–water partition coefficient (Wildman–Crippen LogP) is 8.04. The first-order chi connectivity index (χ1) is 24.7. The average molecular weight is 729 g/mol. The molecule has 2 atom stereocenters. The summed E-state index contributed by atoms with van der Waals surface area (Å²) in [6, 6.07) is 13.1. The molecule has 0 radical (unpaired) electrons. The second-order valence-electron chi connectivity index (χ2n) is 15.3. The number of carboxylic acid groups (broad SMARTS) is 1. The minimum atomic E-state index is -3.94. The number of benzene rings is 3. The SMILES string of the molecule is CCS(=O)(=O)c1nc(N(C)[C@H]2CCN(C(=O)O)C2)c2cc(C3CC3)c(-c3c(C)c(F)cc4[nH]ncc34)c(OC(CC(C)(C)C)c3ccccc3)c2n1. The molecule has 1 saturated heterocycles. The van der Waals surface area contributed by atoms with Gasteiger partial charge in [-0.1, -0.05) is 58.0 Å². The lowest BCUT2D eigenvalue weighted by molar-refractivity contribution is 0.147. The maximum absolute atomic E-state index is 15.9. The highest BCUT2D eigenvalue weighted by Gasteiger charge is 2.37. The first-order valence-electron chi connectivity index (χ1n) is 17.8. The Morgan fingerprint density at radius 1 is 1.12 bits per heavy atom. The number of likely N-dealkylation sites (N-methyl/N-ethyl adjacent to an activating group) is 1. The molecule has 3 aromatic carbocycles. The molecule has 52 heavy (non-hydrogen) atoms. The average Bonchev–Trinajstić information content (AvgIpc) is 3.63. The maximum Gasteiger partial charge on any atom is 0.407 e. The van der Waals surface area contributed by atoms with Gasteiger partial charge in [-0.2, -0.15) is 5.10 Å². The molecular formula is C39H45FN6O5S. The molecule has 2 aromatic heterocycles. The van der Waals surface area contributed by atoms with Gasteiger partial charge < -0.3 is 19.6 Å². The van der Waals surface area contributed by atoms with E-state index in [4.69, 9.17) is 14.7 Å². The van der Waals surface area contributed by atoms with Gasteiger partial charge in [0.25, 0.3) is 0 Å². The first-order valence-corrected chi connectivity index (χ1v) is 19.5. The number of hydrogen-bond acceptors (Lipinski definition) is 8. The molecule has 7 rings (SSSR count).